The van der Waals surface area contributed by atoms with E-state index in [1.807, 2.05) is 6.92 Å². The Hall–Kier alpha value is -1.26. The highest BCUT2D eigenvalue weighted by atomic mass is 16.5. The molecular weight excluding hydrogens is 404 g/mol. The topological polar surface area (TPSA) is 109 Å². The van der Waals surface area contributed by atoms with Crippen molar-refractivity contribution < 1.29 is 34.0 Å². The molecule has 0 unspecified atom stereocenters. The van der Waals surface area contributed by atoms with Crippen LogP contribution in [0.15, 0.2) is 0 Å². The first-order chi connectivity index (χ1) is 14.8. The average molecular weight is 447 g/mol. The number of aliphatic hydroxyl groups excluding tert-OH is 2. The molecule has 1 aliphatic heterocycles. The maximum atomic E-state index is 12.5. The quantitative estimate of drug-likeness (QED) is 0.591. The van der Waals surface area contributed by atoms with Crippen LogP contribution in [-0.4, -0.2) is 109 Å². The molecule has 2 amide bonds. The molecule has 3 atom stereocenters. The Bertz CT molecular complexity index is 518. The summed E-state index contributed by atoms with van der Waals surface area (Å²) in [5, 5.41) is 21.0. The fourth-order valence-corrected chi connectivity index (χ4v) is 3.25. The number of amides is 2. The predicted octanol–water partition coefficient (Wildman–Crippen LogP) is 0.664. The van der Waals surface area contributed by atoms with Crippen molar-refractivity contribution >= 4 is 11.8 Å². The Morgan fingerprint density at radius 2 is 1.84 bits per heavy atom. The van der Waals surface area contributed by atoms with E-state index in [0.717, 1.165) is 12.8 Å². The minimum atomic E-state index is -1.19. The number of hydrogen-bond donors (Lipinski definition) is 2. The molecule has 2 N–H and O–H groups in total. The zero-order chi connectivity index (χ0) is 23.2. The summed E-state index contributed by atoms with van der Waals surface area (Å²) in [7, 11) is 0. The maximum absolute atomic E-state index is 12.5. The third-order valence-corrected chi connectivity index (χ3v) is 5.33. The lowest BCUT2D eigenvalue weighted by Crippen LogP contribution is -2.50. The van der Waals surface area contributed by atoms with Gasteiger partial charge in [0.2, 0.25) is 11.8 Å². The molecule has 9 nitrogen and oxygen atoms in total. The van der Waals surface area contributed by atoms with Gasteiger partial charge in [0.15, 0.2) is 0 Å². The Morgan fingerprint density at radius 3 is 2.48 bits per heavy atom. The van der Waals surface area contributed by atoms with Gasteiger partial charge in [0, 0.05) is 52.9 Å². The molecule has 9 heteroatoms. The van der Waals surface area contributed by atoms with Gasteiger partial charge in [0.05, 0.1) is 6.61 Å². The van der Waals surface area contributed by atoms with Crippen LogP contribution in [0.1, 0.15) is 47.0 Å². The summed E-state index contributed by atoms with van der Waals surface area (Å²) >= 11 is 0. The second kappa shape index (κ2) is 15.5. The SMILES string of the molecule is CCOCC(=O)N1CCCCOC[C@@H](O)[C@@H](O)[C@H](OCCC(C)C)CN(C(C)=O)CC1. The maximum Gasteiger partial charge on any atom is 0.248 e. The van der Waals surface area contributed by atoms with Gasteiger partial charge in [-0.1, -0.05) is 13.8 Å². The van der Waals surface area contributed by atoms with Gasteiger partial charge >= 0.3 is 0 Å². The molecule has 0 aromatic carbocycles. The normalized spacial score (nSPS) is 24.8. The summed E-state index contributed by atoms with van der Waals surface area (Å²) in [6.45, 7) is 10.1. The van der Waals surface area contributed by atoms with E-state index in [1.165, 1.54) is 6.92 Å². The van der Waals surface area contributed by atoms with E-state index in [0.29, 0.717) is 51.8 Å². The van der Waals surface area contributed by atoms with Crippen molar-refractivity contribution in [1.29, 1.82) is 0 Å². The number of carbonyl (C=O) groups excluding carboxylic acids is 2. The molecule has 0 aromatic heterocycles. The van der Waals surface area contributed by atoms with Gasteiger partial charge in [-0.15, -0.1) is 0 Å². The van der Waals surface area contributed by atoms with Crippen LogP contribution < -0.4 is 0 Å². The van der Waals surface area contributed by atoms with Crippen molar-refractivity contribution in [2.24, 2.45) is 5.92 Å². The minimum Gasteiger partial charge on any atom is -0.388 e. The van der Waals surface area contributed by atoms with Crippen molar-refractivity contribution in [3.05, 3.63) is 0 Å². The average Bonchev–Trinajstić information content (AvgIpc) is 2.72. The lowest BCUT2D eigenvalue weighted by molar-refractivity contribution is -0.143. The minimum absolute atomic E-state index is 0.0128. The van der Waals surface area contributed by atoms with Gasteiger partial charge in [-0.3, -0.25) is 9.59 Å². The van der Waals surface area contributed by atoms with Crippen LogP contribution in [0.2, 0.25) is 0 Å². The van der Waals surface area contributed by atoms with Crippen LogP contribution in [0, 0.1) is 5.92 Å². The van der Waals surface area contributed by atoms with Gasteiger partial charge < -0.3 is 34.2 Å². The zero-order valence-electron chi connectivity index (χ0n) is 19.6. The molecular formula is C22H42N2O7. The first kappa shape index (κ1) is 27.8. The highest BCUT2D eigenvalue weighted by Crippen LogP contribution is 2.12. The summed E-state index contributed by atoms with van der Waals surface area (Å²) in [6, 6.07) is 0. The van der Waals surface area contributed by atoms with Crippen molar-refractivity contribution in [3.63, 3.8) is 0 Å². The van der Waals surface area contributed by atoms with E-state index in [4.69, 9.17) is 14.2 Å². The number of nitrogens with zero attached hydrogens (tertiary/aromatic N) is 2. The molecule has 1 rings (SSSR count). The summed E-state index contributed by atoms with van der Waals surface area (Å²) in [5.41, 5.74) is 0. The van der Waals surface area contributed by atoms with Crippen LogP contribution in [0.4, 0.5) is 0 Å². The molecule has 182 valence electrons. The van der Waals surface area contributed by atoms with Crippen LogP contribution >= 0.6 is 0 Å². The summed E-state index contributed by atoms with van der Waals surface area (Å²) in [6.07, 6.45) is -0.798. The fraction of sp³-hybridized carbons (Fsp3) is 0.909. The van der Waals surface area contributed by atoms with Gasteiger partial charge in [-0.25, -0.2) is 0 Å². The molecule has 1 fully saturated rings. The Balaban J connectivity index is 2.93. The van der Waals surface area contributed by atoms with Crippen molar-refractivity contribution in [3.8, 4) is 0 Å². The number of carbonyl (C=O) groups is 2. The highest BCUT2D eigenvalue weighted by Gasteiger charge is 2.30. The standard InChI is InChI=1S/C22H42N2O7/c1-5-29-16-21(27)23-9-6-7-12-30-15-19(26)22(28)20(31-13-8-17(2)3)14-24(11-10-23)18(4)25/h17,19-20,22,26,28H,5-16H2,1-4H3/t19-,20-,22-/m1/s1. The summed E-state index contributed by atoms with van der Waals surface area (Å²) < 4.78 is 16.7. The predicted molar refractivity (Wildman–Crippen MR) is 117 cm³/mol. The largest absolute Gasteiger partial charge is 0.388 e. The molecule has 0 spiro atoms. The van der Waals surface area contributed by atoms with Gasteiger partial charge in [-0.05, 0) is 32.1 Å². The number of hydrogen-bond acceptors (Lipinski definition) is 7. The van der Waals surface area contributed by atoms with E-state index in [9.17, 15) is 19.8 Å². The molecule has 0 aliphatic carbocycles. The number of ether oxygens (including phenoxy) is 3. The lowest BCUT2D eigenvalue weighted by atomic mass is 10.1. The lowest BCUT2D eigenvalue weighted by Gasteiger charge is -2.33. The molecule has 1 heterocycles. The van der Waals surface area contributed by atoms with Gasteiger partial charge in [0.1, 0.15) is 24.9 Å². The second-order valence-corrected chi connectivity index (χ2v) is 8.41. The van der Waals surface area contributed by atoms with Crippen molar-refractivity contribution in [2.45, 2.75) is 65.3 Å². The van der Waals surface area contributed by atoms with Crippen LogP contribution in [0.5, 0.6) is 0 Å². The Kier molecular flexibility index (Phi) is 13.9. The third-order valence-electron chi connectivity index (χ3n) is 5.33. The highest BCUT2D eigenvalue weighted by molar-refractivity contribution is 5.77. The van der Waals surface area contributed by atoms with E-state index in [1.54, 1.807) is 9.80 Å². The third kappa shape index (κ3) is 11.2. The summed E-state index contributed by atoms with van der Waals surface area (Å²) in [5.74, 6) is 0.135. The molecule has 1 saturated heterocycles. The molecule has 0 aromatic rings. The molecule has 0 saturated carbocycles. The number of rotatable bonds is 7. The summed E-state index contributed by atoms with van der Waals surface area (Å²) in [4.78, 5) is 28.0. The second-order valence-electron chi connectivity index (χ2n) is 8.41. The van der Waals surface area contributed by atoms with Gasteiger partial charge in [-0.2, -0.15) is 0 Å². The van der Waals surface area contributed by atoms with E-state index in [-0.39, 0.29) is 31.6 Å². The monoisotopic (exact) mass is 446 g/mol. The van der Waals surface area contributed by atoms with E-state index < -0.39 is 18.3 Å². The van der Waals surface area contributed by atoms with Crippen LogP contribution in [0.25, 0.3) is 0 Å². The van der Waals surface area contributed by atoms with Gasteiger partial charge in [0.25, 0.3) is 0 Å². The first-order valence-electron chi connectivity index (χ1n) is 11.4. The molecule has 0 radical (unpaired) electrons. The van der Waals surface area contributed by atoms with E-state index >= 15 is 0 Å². The molecule has 0 bridgehead atoms. The Morgan fingerprint density at radius 1 is 1.13 bits per heavy atom. The molecule has 31 heavy (non-hydrogen) atoms. The van der Waals surface area contributed by atoms with E-state index in [2.05, 4.69) is 13.8 Å². The zero-order valence-corrected chi connectivity index (χ0v) is 19.6. The molecule has 1 aliphatic rings. The smallest absolute Gasteiger partial charge is 0.248 e. The fourth-order valence-electron chi connectivity index (χ4n) is 3.25. The number of aliphatic hydroxyl groups is 2. The van der Waals surface area contributed by atoms with Crippen molar-refractivity contribution in [2.75, 3.05) is 59.2 Å². The van der Waals surface area contributed by atoms with Crippen molar-refractivity contribution in [1.82, 2.24) is 9.80 Å². The van der Waals surface area contributed by atoms with Crippen LogP contribution in [-0.2, 0) is 23.8 Å². The Labute approximate surface area is 186 Å². The first-order valence-corrected chi connectivity index (χ1v) is 11.4. The van der Waals surface area contributed by atoms with Crippen LogP contribution in [0.3, 0.4) is 0 Å².